The zero-order valence-corrected chi connectivity index (χ0v) is 13.8. The fourth-order valence-corrected chi connectivity index (χ4v) is 7.61. The van der Waals surface area contributed by atoms with Gasteiger partial charge < -0.3 is 5.11 Å². The SMILES string of the molecule is CC[C@H](O)CC(=O)N1[C@H]2C[C@@H]3CC[C@@]2(CS1(=O)=O)C3(C)C. The minimum atomic E-state index is -3.54. The molecule has 2 bridgehead atoms. The van der Waals surface area contributed by atoms with Gasteiger partial charge in [-0.25, -0.2) is 12.7 Å². The second-order valence-corrected chi connectivity index (χ2v) is 9.42. The van der Waals surface area contributed by atoms with Crippen LogP contribution in [-0.2, 0) is 14.8 Å². The van der Waals surface area contributed by atoms with E-state index in [0.717, 1.165) is 23.6 Å². The van der Waals surface area contributed by atoms with E-state index in [0.29, 0.717) is 12.3 Å². The summed E-state index contributed by atoms with van der Waals surface area (Å²) in [5, 5.41) is 9.69. The molecule has 3 rings (SSSR count). The molecule has 1 aliphatic heterocycles. The number of amides is 1. The topological polar surface area (TPSA) is 74.7 Å². The average molecular weight is 315 g/mol. The van der Waals surface area contributed by atoms with Crippen LogP contribution in [0.5, 0.6) is 0 Å². The molecule has 1 amide bonds. The van der Waals surface area contributed by atoms with E-state index in [2.05, 4.69) is 13.8 Å². The van der Waals surface area contributed by atoms with Crippen LogP contribution in [0.1, 0.15) is 52.9 Å². The fourth-order valence-electron chi connectivity index (χ4n) is 5.05. The van der Waals surface area contributed by atoms with E-state index in [9.17, 15) is 18.3 Å². The van der Waals surface area contributed by atoms with Crippen LogP contribution in [0.2, 0.25) is 0 Å². The molecule has 0 radical (unpaired) electrons. The predicted molar refractivity (Wildman–Crippen MR) is 78.9 cm³/mol. The van der Waals surface area contributed by atoms with Crippen LogP contribution >= 0.6 is 0 Å². The summed E-state index contributed by atoms with van der Waals surface area (Å²) in [6.45, 7) is 6.11. The highest BCUT2D eigenvalue weighted by atomic mass is 32.2. The number of carbonyl (C=O) groups is 1. The van der Waals surface area contributed by atoms with E-state index in [-0.39, 0.29) is 29.0 Å². The van der Waals surface area contributed by atoms with E-state index in [4.69, 9.17) is 0 Å². The molecule has 1 saturated heterocycles. The highest BCUT2D eigenvalue weighted by molar-refractivity contribution is 7.90. The number of nitrogens with zero attached hydrogens (tertiary/aromatic N) is 1. The third kappa shape index (κ3) is 1.84. The van der Waals surface area contributed by atoms with E-state index in [1.165, 1.54) is 0 Å². The van der Waals surface area contributed by atoms with Crippen molar-refractivity contribution in [3.8, 4) is 0 Å². The fraction of sp³-hybridized carbons (Fsp3) is 0.933. The molecule has 120 valence electrons. The smallest absolute Gasteiger partial charge is 0.238 e. The normalized spacial score (nSPS) is 40.3. The lowest BCUT2D eigenvalue weighted by atomic mass is 9.69. The number of sulfonamides is 1. The van der Waals surface area contributed by atoms with Crippen molar-refractivity contribution in [1.82, 2.24) is 4.31 Å². The zero-order chi connectivity index (χ0) is 15.6. The third-order valence-corrected chi connectivity index (χ3v) is 8.48. The molecule has 0 aromatic heterocycles. The van der Waals surface area contributed by atoms with Gasteiger partial charge in [-0.1, -0.05) is 20.8 Å². The van der Waals surface area contributed by atoms with Gasteiger partial charge in [0.15, 0.2) is 0 Å². The van der Waals surface area contributed by atoms with Crippen LogP contribution in [0.3, 0.4) is 0 Å². The lowest BCUT2D eigenvalue weighted by Crippen LogP contribution is -2.44. The molecule has 1 N–H and O–H groups in total. The van der Waals surface area contributed by atoms with Crippen LogP contribution in [0.15, 0.2) is 0 Å². The largest absolute Gasteiger partial charge is 0.393 e. The predicted octanol–water partition coefficient (Wildman–Crippen LogP) is 1.51. The molecule has 1 spiro atoms. The van der Waals surface area contributed by atoms with E-state index < -0.39 is 22.0 Å². The molecule has 0 aromatic rings. The Balaban J connectivity index is 1.95. The molecule has 1 heterocycles. The maximum atomic E-state index is 12.6. The Hall–Kier alpha value is -0.620. The van der Waals surface area contributed by atoms with Gasteiger partial charge in [0.05, 0.1) is 24.3 Å². The summed E-state index contributed by atoms with van der Waals surface area (Å²) < 4.78 is 26.3. The van der Waals surface area contributed by atoms with Crippen molar-refractivity contribution in [2.45, 2.75) is 65.0 Å². The molecule has 3 fully saturated rings. The lowest BCUT2D eigenvalue weighted by Gasteiger charge is -2.37. The highest BCUT2D eigenvalue weighted by Gasteiger charge is 2.72. The second-order valence-electron chi connectivity index (χ2n) is 7.58. The van der Waals surface area contributed by atoms with Gasteiger partial charge in [-0.2, -0.15) is 0 Å². The molecular formula is C15H25NO4S. The first-order valence-electron chi connectivity index (χ1n) is 7.89. The molecule has 6 heteroatoms. The first kappa shape index (κ1) is 15.3. The van der Waals surface area contributed by atoms with E-state index >= 15 is 0 Å². The highest BCUT2D eigenvalue weighted by Crippen LogP contribution is 2.69. The van der Waals surface area contributed by atoms with Gasteiger partial charge in [-0.15, -0.1) is 0 Å². The van der Waals surface area contributed by atoms with Crippen molar-refractivity contribution in [3.63, 3.8) is 0 Å². The van der Waals surface area contributed by atoms with Crippen molar-refractivity contribution in [1.29, 1.82) is 0 Å². The Morgan fingerprint density at radius 1 is 1.43 bits per heavy atom. The van der Waals surface area contributed by atoms with Gasteiger partial charge in [0.2, 0.25) is 15.9 Å². The minimum absolute atomic E-state index is 0.0247. The van der Waals surface area contributed by atoms with Crippen LogP contribution in [0.25, 0.3) is 0 Å². The van der Waals surface area contributed by atoms with Gasteiger partial charge in [-0.3, -0.25) is 4.79 Å². The molecule has 5 nitrogen and oxygen atoms in total. The number of aliphatic hydroxyl groups excluding tert-OH is 1. The molecule has 2 aliphatic carbocycles. The second kappa shape index (κ2) is 4.44. The molecule has 4 atom stereocenters. The van der Waals surface area contributed by atoms with E-state index in [1.807, 2.05) is 0 Å². The number of hydrogen-bond acceptors (Lipinski definition) is 4. The Kier molecular flexibility index (Phi) is 3.23. The zero-order valence-electron chi connectivity index (χ0n) is 13.0. The number of aliphatic hydroxyl groups is 1. The summed E-state index contributed by atoms with van der Waals surface area (Å²) in [6.07, 6.45) is 2.38. The first-order valence-corrected chi connectivity index (χ1v) is 9.49. The summed E-state index contributed by atoms with van der Waals surface area (Å²) in [5.74, 6) is 0.182. The summed E-state index contributed by atoms with van der Waals surface area (Å²) in [7, 11) is -3.54. The van der Waals surface area contributed by atoms with Crippen LogP contribution < -0.4 is 0 Å². The van der Waals surface area contributed by atoms with Crippen molar-refractivity contribution in [3.05, 3.63) is 0 Å². The summed E-state index contributed by atoms with van der Waals surface area (Å²) >= 11 is 0. The maximum Gasteiger partial charge on any atom is 0.238 e. The van der Waals surface area contributed by atoms with Crippen LogP contribution in [0.4, 0.5) is 0 Å². The third-order valence-electron chi connectivity index (χ3n) is 6.54. The van der Waals surface area contributed by atoms with E-state index in [1.54, 1.807) is 6.92 Å². The number of rotatable bonds is 3. The van der Waals surface area contributed by atoms with Gasteiger partial charge in [0.25, 0.3) is 0 Å². The number of hydrogen-bond donors (Lipinski definition) is 1. The Morgan fingerprint density at radius 2 is 2.10 bits per heavy atom. The standard InChI is InChI=1S/C15H25NO4S/c1-4-11(17)8-13(18)16-12-7-10-5-6-15(12,14(10,2)3)9-21(16,19)20/h10-12,17H,4-9H2,1-3H3/t10-,11-,12-,15-/m0/s1. The molecule has 21 heavy (non-hydrogen) atoms. The van der Waals surface area contributed by atoms with Crippen molar-refractivity contribution >= 4 is 15.9 Å². The lowest BCUT2D eigenvalue weighted by molar-refractivity contribution is -0.131. The van der Waals surface area contributed by atoms with Gasteiger partial charge in [0.1, 0.15) is 0 Å². The maximum absolute atomic E-state index is 12.6. The van der Waals surface area contributed by atoms with Gasteiger partial charge in [-0.05, 0) is 37.0 Å². The molecular weight excluding hydrogens is 290 g/mol. The Bertz CT molecular complexity index is 570. The van der Waals surface area contributed by atoms with Crippen LogP contribution in [-0.4, -0.2) is 41.6 Å². The first-order chi connectivity index (χ1) is 9.65. The number of carbonyl (C=O) groups excluding carboxylic acids is 1. The minimum Gasteiger partial charge on any atom is -0.393 e. The summed E-state index contributed by atoms with van der Waals surface area (Å²) in [5.41, 5.74) is -0.299. The average Bonchev–Trinajstić information content (AvgIpc) is 2.84. The molecule has 0 aromatic carbocycles. The van der Waals surface area contributed by atoms with Gasteiger partial charge >= 0.3 is 0 Å². The van der Waals surface area contributed by atoms with Crippen molar-refractivity contribution in [2.75, 3.05) is 5.75 Å². The molecule has 2 saturated carbocycles. The van der Waals surface area contributed by atoms with Crippen LogP contribution in [0, 0.1) is 16.7 Å². The quantitative estimate of drug-likeness (QED) is 0.857. The summed E-state index contributed by atoms with van der Waals surface area (Å²) in [6, 6.07) is -0.187. The Morgan fingerprint density at radius 3 is 2.67 bits per heavy atom. The number of fused-ring (bicyclic) bond motifs is 1. The summed E-state index contributed by atoms with van der Waals surface area (Å²) in [4.78, 5) is 12.4. The monoisotopic (exact) mass is 315 g/mol. The van der Waals surface area contributed by atoms with Gasteiger partial charge in [0, 0.05) is 5.41 Å². The molecule has 3 aliphatic rings. The van der Waals surface area contributed by atoms with Crippen molar-refractivity contribution in [2.24, 2.45) is 16.7 Å². The van der Waals surface area contributed by atoms with Crippen molar-refractivity contribution < 1.29 is 18.3 Å². The molecule has 0 unspecified atom stereocenters. The Labute approximate surface area is 126 Å².